The zero-order valence-corrected chi connectivity index (χ0v) is 10.9. The van der Waals surface area contributed by atoms with E-state index in [-0.39, 0.29) is 5.82 Å². The van der Waals surface area contributed by atoms with Gasteiger partial charge in [0.1, 0.15) is 0 Å². The third-order valence-corrected chi connectivity index (χ3v) is 2.93. The summed E-state index contributed by atoms with van der Waals surface area (Å²) < 4.78 is 32.2. The Hall–Kier alpha value is -2.83. The lowest BCUT2D eigenvalue weighted by molar-refractivity contribution is 0.0600. The van der Waals surface area contributed by atoms with E-state index in [0.717, 1.165) is 12.1 Å². The maximum absolute atomic E-state index is 13.2. The Bertz CT molecular complexity index is 845. The summed E-state index contributed by atoms with van der Waals surface area (Å²) in [5, 5.41) is 4.14. The molecule has 0 fully saturated rings. The van der Waals surface area contributed by atoms with Crippen LogP contribution in [0.15, 0.2) is 36.5 Å². The number of fused-ring (bicyclic) bond motifs is 1. The first-order chi connectivity index (χ1) is 10.1. The molecule has 5 nitrogen and oxygen atoms in total. The van der Waals surface area contributed by atoms with Crippen LogP contribution in [0.3, 0.4) is 0 Å². The zero-order valence-electron chi connectivity index (χ0n) is 10.9. The predicted molar refractivity (Wildman–Crippen MR) is 69.7 cm³/mol. The molecule has 7 heteroatoms. The number of rotatable bonds is 2. The molecule has 0 spiro atoms. The molecule has 0 radical (unpaired) electrons. The number of esters is 1. The summed E-state index contributed by atoms with van der Waals surface area (Å²) in [6, 6.07) is 6.55. The van der Waals surface area contributed by atoms with Gasteiger partial charge in [0, 0.05) is 11.8 Å². The predicted octanol–water partition coefficient (Wildman–Crippen LogP) is 2.46. The topological polar surface area (TPSA) is 56.5 Å². The van der Waals surface area contributed by atoms with E-state index < -0.39 is 17.6 Å². The van der Waals surface area contributed by atoms with Crippen LogP contribution in [0.5, 0.6) is 0 Å². The van der Waals surface area contributed by atoms with Crippen LogP contribution in [0.25, 0.3) is 17.0 Å². The van der Waals surface area contributed by atoms with Gasteiger partial charge in [-0.3, -0.25) is 0 Å². The van der Waals surface area contributed by atoms with Crippen LogP contribution < -0.4 is 0 Å². The number of carbonyl (C=O) groups excluding carboxylic acids is 1. The van der Waals surface area contributed by atoms with E-state index in [2.05, 4.69) is 14.8 Å². The second-order valence-corrected chi connectivity index (χ2v) is 4.28. The van der Waals surface area contributed by atoms with E-state index in [9.17, 15) is 13.6 Å². The molecule has 0 N–H and O–H groups in total. The molecule has 0 amide bonds. The number of hydrogen-bond donors (Lipinski definition) is 0. The van der Waals surface area contributed by atoms with Gasteiger partial charge in [0.2, 0.25) is 0 Å². The van der Waals surface area contributed by atoms with Gasteiger partial charge in [0.25, 0.3) is 0 Å². The molecule has 21 heavy (non-hydrogen) atoms. The van der Waals surface area contributed by atoms with Gasteiger partial charge in [-0.1, -0.05) is 0 Å². The number of ether oxygens (including phenoxy) is 1. The van der Waals surface area contributed by atoms with Crippen molar-refractivity contribution in [2.45, 2.75) is 0 Å². The van der Waals surface area contributed by atoms with Crippen molar-refractivity contribution in [2.75, 3.05) is 7.11 Å². The molecule has 0 saturated carbocycles. The highest BCUT2D eigenvalue weighted by molar-refractivity contribution is 5.89. The maximum Gasteiger partial charge on any atom is 0.339 e. The molecule has 0 aliphatic carbocycles. The maximum atomic E-state index is 13.2. The van der Waals surface area contributed by atoms with E-state index in [4.69, 9.17) is 0 Å². The van der Waals surface area contributed by atoms with Crippen LogP contribution >= 0.6 is 0 Å². The van der Waals surface area contributed by atoms with Crippen LogP contribution in [0.2, 0.25) is 0 Å². The lowest BCUT2D eigenvalue weighted by Crippen LogP contribution is -2.03. The Kier molecular flexibility index (Phi) is 3.09. The first-order valence-electron chi connectivity index (χ1n) is 5.98. The van der Waals surface area contributed by atoms with Gasteiger partial charge in [-0.05, 0) is 30.3 Å². The largest absolute Gasteiger partial charge is 0.465 e. The van der Waals surface area contributed by atoms with Crippen molar-refractivity contribution in [2.24, 2.45) is 0 Å². The van der Waals surface area contributed by atoms with Gasteiger partial charge >= 0.3 is 5.97 Å². The Morgan fingerprint density at radius 2 is 2.00 bits per heavy atom. The molecule has 1 aromatic carbocycles. The Morgan fingerprint density at radius 3 is 2.71 bits per heavy atom. The summed E-state index contributed by atoms with van der Waals surface area (Å²) in [4.78, 5) is 15.6. The average molecular weight is 289 g/mol. The molecule has 2 aromatic heterocycles. The van der Waals surface area contributed by atoms with Crippen molar-refractivity contribution in [1.82, 2.24) is 14.6 Å². The van der Waals surface area contributed by atoms with Gasteiger partial charge in [-0.2, -0.15) is 0 Å². The Balaban J connectivity index is 2.08. The van der Waals surface area contributed by atoms with E-state index >= 15 is 0 Å². The van der Waals surface area contributed by atoms with Crippen LogP contribution in [0, 0.1) is 11.6 Å². The molecule has 0 aliphatic heterocycles. The first-order valence-corrected chi connectivity index (χ1v) is 5.98. The molecule has 0 aliphatic rings. The number of hydrogen-bond acceptors (Lipinski definition) is 4. The van der Waals surface area contributed by atoms with Crippen molar-refractivity contribution in [3.05, 3.63) is 53.7 Å². The highest BCUT2D eigenvalue weighted by atomic mass is 19.2. The molecule has 3 rings (SSSR count). The van der Waals surface area contributed by atoms with Gasteiger partial charge in [-0.25, -0.2) is 23.1 Å². The third kappa shape index (κ3) is 2.33. The van der Waals surface area contributed by atoms with Gasteiger partial charge in [0.05, 0.1) is 12.7 Å². The number of methoxy groups -OCH3 is 1. The normalized spacial score (nSPS) is 10.8. The van der Waals surface area contributed by atoms with Crippen molar-refractivity contribution in [3.63, 3.8) is 0 Å². The lowest BCUT2D eigenvalue weighted by Gasteiger charge is -1.98. The van der Waals surface area contributed by atoms with Crippen LogP contribution in [0.4, 0.5) is 8.78 Å². The third-order valence-electron chi connectivity index (χ3n) is 2.93. The van der Waals surface area contributed by atoms with Crippen molar-refractivity contribution < 1.29 is 18.3 Å². The summed E-state index contributed by atoms with van der Waals surface area (Å²) in [6.45, 7) is 0. The minimum absolute atomic E-state index is 0.232. The highest BCUT2D eigenvalue weighted by Crippen LogP contribution is 2.19. The summed E-state index contributed by atoms with van der Waals surface area (Å²) in [5.74, 6) is -2.17. The second kappa shape index (κ2) is 4.93. The monoisotopic (exact) mass is 289 g/mol. The Morgan fingerprint density at radius 1 is 1.19 bits per heavy atom. The number of pyridine rings is 1. The standard InChI is InChI=1S/C14H9F2N3O2/c1-21-14(20)9-3-5-12-17-13(18-19(12)7-9)8-2-4-10(15)11(16)6-8/h2-7H,1H3. The SMILES string of the molecule is COC(=O)c1ccc2nc(-c3ccc(F)c(F)c3)nn2c1. The van der Waals surface area contributed by atoms with Crippen molar-refractivity contribution in [1.29, 1.82) is 0 Å². The van der Waals surface area contributed by atoms with E-state index in [1.165, 1.54) is 23.9 Å². The molecule has 0 atom stereocenters. The van der Waals surface area contributed by atoms with Gasteiger partial charge in [-0.15, -0.1) is 5.10 Å². The van der Waals surface area contributed by atoms with Crippen molar-refractivity contribution in [3.8, 4) is 11.4 Å². The molecule has 3 aromatic rings. The fourth-order valence-electron chi connectivity index (χ4n) is 1.88. The summed E-state index contributed by atoms with van der Waals surface area (Å²) >= 11 is 0. The highest BCUT2D eigenvalue weighted by Gasteiger charge is 2.12. The molecule has 0 saturated heterocycles. The zero-order chi connectivity index (χ0) is 15.0. The summed E-state index contributed by atoms with van der Waals surface area (Å²) in [7, 11) is 1.28. The lowest BCUT2D eigenvalue weighted by atomic mass is 10.2. The number of benzene rings is 1. The van der Waals surface area contributed by atoms with E-state index in [1.807, 2.05) is 0 Å². The van der Waals surface area contributed by atoms with Crippen LogP contribution in [0.1, 0.15) is 10.4 Å². The number of carbonyl (C=O) groups is 1. The minimum atomic E-state index is -0.971. The summed E-state index contributed by atoms with van der Waals surface area (Å²) in [5.41, 5.74) is 1.13. The first kappa shape index (κ1) is 13.2. The fraction of sp³-hybridized carbons (Fsp3) is 0.0714. The smallest absolute Gasteiger partial charge is 0.339 e. The number of nitrogens with zero attached hydrogens (tertiary/aromatic N) is 3. The van der Waals surface area contributed by atoms with Gasteiger partial charge < -0.3 is 4.74 Å². The molecule has 2 heterocycles. The number of halogens is 2. The minimum Gasteiger partial charge on any atom is -0.465 e. The molecule has 0 unspecified atom stereocenters. The quantitative estimate of drug-likeness (QED) is 0.680. The number of aromatic nitrogens is 3. The molecular formula is C14H9F2N3O2. The molecular weight excluding hydrogens is 280 g/mol. The van der Waals surface area contributed by atoms with E-state index in [1.54, 1.807) is 12.1 Å². The van der Waals surface area contributed by atoms with Crippen LogP contribution in [-0.2, 0) is 4.74 Å². The second-order valence-electron chi connectivity index (χ2n) is 4.28. The average Bonchev–Trinajstić information content (AvgIpc) is 2.92. The fourth-order valence-corrected chi connectivity index (χ4v) is 1.88. The molecule has 106 valence electrons. The van der Waals surface area contributed by atoms with Crippen molar-refractivity contribution >= 4 is 11.6 Å². The molecule has 0 bridgehead atoms. The van der Waals surface area contributed by atoms with E-state index in [0.29, 0.717) is 16.8 Å². The van der Waals surface area contributed by atoms with Crippen LogP contribution in [-0.4, -0.2) is 27.7 Å². The van der Waals surface area contributed by atoms with Gasteiger partial charge in [0.15, 0.2) is 23.1 Å². The Labute approximate surface area is 117 Å². The summed E-state index contributed by atoms with van der Waals surface area (Å²) in [6.07, 6.45) is 1.46.